The second-order valence-electron chi connectivity index (χ2n) is 6.16. The van der Waals surface area contributed by atoms with Crippen LogP contribution < -0.4 is 10.6 Å². The number of carbonyl (C=O) groups is 2. The van der Waals surface area contributed by atoms with Gasteiger partial charge in [0.1, 0.15) is 5.69 Å². The molecule has 0 fully saturated rings. The van der Waals surface area contributed by atoms with E-state index in [4.69, 9.17) is 0 Å². The molecule has 0 bridgehead atoms. The quantitative estimate of drug-likeness (QED) is 0.608. The Kier molecular flexibility index (Phi) is 5.74. The highest BCUT2D eigenvalue weighted by Gasteiger charge is 2.15. The molecular formula is C17H21N7O3. The van der Waals surface area contributed by atoms with Gasteiger partial charge in [0.15, 0.2) is 11.3 Å². The van der Waals surface area contributed by atoms with Crippen LogP contribution in [0.3, 0.4) is 0 Å². The van der Waals surface area contributed by atoms with Gasteiger partial charge in [-0.25, -0.2) is 14.1 Å². The second-order valence-corrected chi connectivity index (χ2v) is 6.16. The fraction of sp³-hybridized carbons (Fsp3) is 0.412. The molecule has 0 aliphatic carbocycles. The zero-order valence-corrected chi connectivity index (χ0v) is 15.2. The lowest BCUT2D eigenvalue weighted by Crippen LogP contribution is -2.24. The molecule has 2 N–H and O–H groups in total. The van der Waals surface area contributed by atoms with Crippen molar-refractivity contribution in [1.82, 2.24) is 35.5 Å². The van der Waals surface area contributed by atoms with Gasteiger partial charge < -0.3 is 10.6 Å². The van der Waals surface area contributed by atoms with E-state index >= 15 is 0 Å². The van der Waals surface area contributed by atoms with Crippen molar-refractivity contribution in [3.05, 3.63) is 41.1 Å². The fourth-order valence-corrected chi connectivity index (χ4v) is 2.47. The molecule has 0 unspecified atom stereocenters. The van der Waals surface area contributed by atoms with Crippen molar-refractivity contribution in [2.75, 3.05) is 0 Å². The average Bonchev–Trinajstić information content (AvgIpc) is 3.27. The van der Waals surface area contributed by atoms with E-state index in [0.29, 0.717) is 30.0 Å². The van der Waals surface area contributed by atoms with Crippen LogP contribution in [0, 0.1) is 6.92 Å². The first-order chi connectivity index (χ1) is 13.1. The molecule has 0 atom stereocenters. The van der Waals surface area contributed by atoms with Gasteiger partial charge in [0.05, 0.1) is 24.6 Å². The van der Waals surface area contributed by atoms with Gasteiger partial charge in [-0.3, -0.25) is 9.59 Å². The van der Waals surface area contributed by atoms with E-state index in [2.05, 4.69) is 35.7 Å². The average molecular weight is 371 g/mol. The minimum absolute atomic E-state index is 0.0288. The van der Waals surface area contributed by atoms with Gasteiger partial charge in [-0.2, -0.15) is 5.10 Å². The topological polar surface area (TPSA) is 127 Å². The molecule has 0 aliphatic rings. The van der Waals surface area contributed by atoms with Crippen molar-refractivity contribution in [3.8, 4) is 0 Å². The Morgan fingerprint density at radius 1 is 1.22 bits per heavy atom. The van der Waals surface area contributed by atoms with E-state index in [-0.39, 0.29) is 24.1 Å². The first kappa shape index (κ1) is 18.5. The highest BCUT2D eigenvalue weighted by atomic mass is 16.6. The molecule has 2 amide bonds. The largest absolute Gasteiger partial charge is 0.352 e. The normalized spacial score (nSPS) is 10.9. The molecule has 3 aromatic rings. The summed E-state index contributed by atoms with van der Waals surface area (Å²) in [5, 5.41) is 17.0. The summed E-state index contributed by atoms with van der Waals surface area (Å²) >= 11 is 0. The molecule has 0 saturated heterocycles. The van der Waals surface area contributed by atoms with Crippen molar-refractivity contribution in [2.45, 2.75) is 46.2 Å². The fourth-order valence-electron chi connectivity index (χ4n) is 2.47. The van der Waals surface area contributed by atoms with Crippen LogP contribution >= 0.6 is 0 Å². The third-order valence-electron chi connectivity index (χ3n) is 3.97. The number of aromatic nitrogens is 5. The number of unbranched alkanes of at least 4 members (excludes halogenated alkanes) is 1. The minimum Gasteiger partial charge on any atom is -0.352 e. The van der Waals surface area contributed by atoms with Gasteiger partial charge >= 0.3 is 0 Å². The summed E-state index contributed by atoms with van der Waals surface area (Å²) in [5.74, 6) is -0.352. The van der Waals surface area contributed by atoms with E-state index in [1.807, 2.05) is 13.0 Å². The third kappa shape index (κ3) is 4.66. The summed E-state index contributed by atoms with van der Waals surface area (Å²) < 4.78 is 6.14. The number of amides is 2. The van der Waals surface area contributed by atoms with Crippen LogP contribution in [0.1, 0.15) is 53.6 Å². The molecule has 3 aromatic heterocycles. The van der Waals surface area contributed by atoms with Gasteiger partial charge in [0.25, 0.3) is 5.91 Å². The van der Waals surface area contributed by atoms with E-state index in [1.165, 1.54) is 0 Å². The number of fused-ring (bicyclic) bond motifs is 1. The molecule has 0 radical (unpaired) electrons. The van der Waals surface area contributed by atoms with Gasteiger partial charge in [-0.1, -0.05) is 18.5 Å². The summed E-state index contributed by atoms with van der Waals surface area (Å²) in [6.07, 6.45) is 5.80. The number of hydrogen-bond donors (Lipinski definition) is 2. The molecule has 0 aromatic carbocycles. The lowest BCUT2D eigenvalue weighted by molar-refractivity contribution is -0.121. The standard InChI is InChI=1S/C17H21N7O3/c1-3-4-5-15(25)18-7-12-6-14-21-13(10-24(14)20-8-12)9-19-17(26)16-11(2)22-27-23-16/h6,8,10H,3-5,7,9H2,1-2H3,(H,18,25)(H,19,26). The van der Waals surface area contributed by atoms with Crippen LogP contribution in [-0.4, -0.2) is 36.7 Å². The molecule has 0 spiro atoms. The maximum Gasteiger partial charge on any atom is 0.275 e. The number of nitrogens with one attached hydrogen (secondary N) is 2. The zero-order valence-electron chi connectivity index (χ0n) is 15.2. The Morgan fingerprint density at radius 2 is 2.07 bits per heavy atom. The van der Waals surface area contributed by atoms with Gasteiger partial charge in [0.2, 0.25) is 5.91 Å². The highest BCUT2D eigenvalue weighted by molar-refractivity contribution is 5.92. The van der Waals surface area contributed by atoms with E-state index < -0.39 is 0 Å². The Balaban J connectivity index is 1.59. The molecule has 142 valence electrons. The summed E-state index contributed by atoms with van der Waals surface area (Å²) in [5.41, 5.74) is 2.72. The van der Waals surface area contributed by atoms with Crippen LogP contribution in [0.5, 0.6) is 0 Å². The van der Waals surface area contributed by atoms with Crippen molar-refractivity contribution in [3.63, 3.8) is 0 Å². The summed E-state index contributed by atoms with van der Waals surface area (Å²) in [6, 6.07) is 1.85. The first-order valence-corrected chi connectivity index (χ1v) is 8.74. The molecule has 3 heterocycles. The Bertz CT molecular complexity index is 947. The number of hydrogen-bond acceptors (Lipinski definition) is 7. The van der Waals surface area contributed by atoms with E-state index in [9.17, 15) is 9.59 Å². The number of carbonyl (C=O) groups excluding carboxylic acids is 2. The maximum absolute atomic E-state index is 12.0. The van der Waals surface area contributed by atoms with Crippen LogP contribution in [-0.2, 0) is 17.9 Å². The molecule has 27 heavy (non-hydrogen) atoms. The van der Waals surface area contributed by atoms with Crippen molar-refractivity contribution < 1.29 is 14.2 Å². The zero-order chi connectivity index (χ0) is 19.2. The predicted molar refractivity (Wildman–Crippen MR) is 94.6 cm³/mol. The molecular weight excluding hydrogens is 350 g/mol. The highest BCUT2D eigenvalue weighted by Crippen LogP contribution is 2.07. The van der Waals surface area contributed by atoms with E-state index in [1.54, 1.807) is 23.8 Å². The van der Waals surface area contributed by atoms with Crippen LogP contribution in [0.25, 0.3) is 5.65 Å². The SMILES string of the molecule is CCCCC(=O)NCc1cnn2cc(CNC(=O)c3nonc3C)nc2c1. The second kappa shape index (κ2) is 8.39. The Labute approximate surface area is 155 Å². The molecule has 3 rings (SSSR count). The smallest absolute Gasteiger partial charge is 0.275 e. The Morgan fingerprint density at radius 3 is 2.81 bits per heavy atom. The van der Waals surface area contributed by atoms with Crippen LogP contribution in [0.15, 0.2) is 23.1 Å². The van der Waals surface area contributed by atoms with Crippen molar-refractivity contribution in [2.24, 2.45) is 0 Å². The molecule has 10 heteroatoms. The number of aryl methyl sites for hydroxylation is 1. The van der Waals surface area contributed by atoms with Crippen LogP contribution in [0.2, 0.25) is 0 Å². The lowest BCUT2D eigenvalue weighted by atomic mass is 10.2. The van der Waals surface area contributed by atoms with Crippen molar-refractivity contribution >= 4 is 17.5 Å². The van der Waals surface area contributed by atoms with Crippen LogP contribution in [0.4, 0.5) is 0 Å². The summed E-state index contributed by atoms with van der Waals surface area (Å²) in [4.78, 5) is 28.2. The van der Waals surface area contributed by atoms with Gasteiger partial charge in [-0.15, -0.1) is 0 Å². The molecule has 10 nitrogen and oxygen atoms in total. The maximum atomic E-state index is 12.0. The number of nitrogens with zero attached hydrogens (tertiary/aromatic N) is 5. The van der Waals surface area contributed by atoms with E-state index in [0.717, 1.165) is 18.4 Å². The summed E-state index contributed by atoms with van der Waals surface area (Å²) in [6.45, 7) is 4.32. The summed E-state index contributed by atoms with van der Waals surface area (Å²) in [7, 11) is 0. The van der Waals surface area contributed by atoms with Gasteiger partial charge in [0, 0.05) is 13.0 Å². The lowest BCUT2D eigenvalue weighted by Gasteiger charge is -2.04. The number of imidazole rings is 1. The number of rotatable bonds is 8. The molecule has 0 saturated carbocycles. The predicted octanol–water partition coefficient (Wildman–Crippen LogP) is 1.16. The Hall–Kier alpha value is -3.30. The minimum atomic E-state index is -0.380. The van der Waals surface area contributed by atoms with Crippen molar-refractivity contribution in [1.29, 1.82) is 0 Å². The van der Waals surface area contributed by atoms with Gasteiger partial charge in [-0.05, 0) is 30.1 Å². The monoisotopic (exact) mass is 371 g/mol. The first-order valence-electron chi connectivity index (χ1n) is 8.74. The molecule has 0 aliphatic heterocycles. The third-order valence-corrected chi connectivity index (χ3v) is 3.97.